The fraction of sp³-hybridized carbons (Fsp3) is 0.571. The van der Waals surface area contributed by atoms with E-state index in [-0.39, 0.29) is 0 Å². The first-order chi connectivity index (χ1) is 8.59. The topological polar surface area (TPSA) is 24.5 Å². The van der Waals surface area contributed by atoms with Gasteiger partial charge < -0.3 is 15.0 Å². The molecule has 2 atom stereocenters. The molecule has 4 heteroatoms. The molecule has 1 N–H and O–H groups in total. The summed E-state index contributed by atoms with van der Waals surface area (Å²) in [6, 6.07) is 6.37. The van der Waals surface area contributed by atoms with Crippen LogP contribution in [0.5, 0.6) is 0 Å². The Morgan fingerprint density at radius 1 is 1.44 bits per heavy atom. The number of ether oxygens (including phenoxy) is 1. The molecule has 100 valence electrons. The molecule has 3 nitrogen and oxygen atoms in total. The summed E-state index contributed by atoms with van der Waals surface area (Å²) in [7, 11) is 4.02. The number of hydrogen-bond donors (Lipinski definition) is 1. The molecule has 0 aromatic heterocycles. The fourth-order valence-electron chi connectivity index (χ4n) is 2.40. The van der Waals surface area contributed by atoms with Crippen molar-refractivity contribution in [2.45, 2.75) is 19.4 Å². The molecule has 1 aromatic rings. The van der Waals surface area contributed by atoms with E-state index in [0.29, 0.717) is 12.0 Å². The van der Waals surface area contributed by atoms with E-state index >= 15 is 0 Å². The van der Waals surface area contributed by atoms with Crippen molar-refractivity contribution >= 4 is 23.0 Å². The number of rotatable bonds is 4. The molecule has 2 rings (SSSR count). The molecule has 1 aliphatic heterocycles. The van der Waals surface area contributed by atoms with E-state index in [0.717, 1.165) is 36.0 Å². The second-order valence-corrected chi connectivity index (χ2v) is 5.49. The van der Waals surface area contributed by atoms with Gasteiger partial charge in [-0.15, -0.1) is 0 Å². The van der Waals surface area contributed by atoms with Crippen molar-refractivity contribution in [2.75, 3.05) is 37.5 Å². The maximum atomic E-state index is 6.26. The minimum absolute atomic E-state index is 0.393. The zero-order valence-electron chi connectivity index (χ0n) is 11.2. The Morgan fingerprint density at radius 2 is 2.22 bits per heavy atom. The van der Waals surface area contributed by atoms with Crippen LogP contribution in [0.15, 0.2) is 18.2 Å². The average Bonchev–Trinajstić information content (AvgIpc) is 2.81. The van der Waals surface area contributed by atoms with Crippen LogP contribution in [0, 0.1) is 5.92 Å². The second-order valence-electron chi connectivity index (χ2n) is 5.09. The zero-order chi connectivity index (χ0) is 13.1. The summed E-state index contributed by atoms with van der Waals surface area (Å²) >= 11 is 6.26. The first-order valence-corrected chi connectivity index (χ1v) is 6.77. The first-order valence-electron chi connectivity index (χ1n) is 6.39. The number of nitrogens with zero attached hydrogens (tertiary/aromatic N) is 1. The third-order valence-corrected chi connectivity index (χ3v) is 3.79. The Balaban J connectivity index is 2.15. The summed E-state index contributed by atoms with van der Waals surface area (Å²) in [5.41, 5.74) is 2.14. The first kappa shape index (κ1) is 13.5. The zero-order valence-corrected chi connectivity index (χ0v) is 12.0. The molecule has 18 heavy (non-hydrogen) atoms. The Morgan fingerprint density at radius 3 is 2.83 bits per heavy atom. The molecular formula is C14H21ClN2O. The van der Waals surface area contributed by atoms with Crippen molar-refractivity contribution in [1.82, 2.24) is 0 Å². The largest absolute Gasteiger partial charge is 0.381 e. The van der Waals surface area contributed by atoms with E-state index in [4.69, 9.17) is 16.3 Å². The number of nitrogens with one attached hydrogen (secondary N) is 1. The second kappa shape index (κ2) is 5.81. The number of para-hydroxylation sites is 1. The van der Waals surface area contributed by atoms with E-state index in [1.807, 2.05) is 31.1 Å². The van der Waals surface area contributed by atoms with E-state index in [9.17, 15) is 0 Å². The van der Waals surface area contributed by atoms with Crippen molar-refractivity contribution in [3.8, 4) is 0 Å². The van der Waals surface area contributed by atoms with Gasteiger partial charge in [-0.05, 0) is 25.5 Å². The van der Waals surface area contributed by atoms with Gasteiger partial charge in [-0.2, -0.15) is 0 Å². The molecule has 2 unspecified atom stereocenters. The van der Waals surface area contributed by atoms with Crippen LogP contribution in [-0.2, 0) is 4.74 Å². The number of anilines is 2. The van der Waals surface area contributed by atoms with Crippen molar-refractivity contribution in [2.24, 2.45) is 5.92 Å². The van der Waals surface area contributed by atoms with Gasteiger partial charge in [0.1, 0.15) is 0 Å². The average molecular weight is 269 g/mol. The van der Waals surface area contributed by atoms with Crippen LogP contribution in [0.2, 0.25) is 5.02 Å². The van der Waals surface area contributed by atoms with Crippen LogP contribution in [0.4, 0.5) is 11.4 Å². The van der Waals surface area contributed by atoms with Crippen LogP contribution in [0.3, 0.4) is 0 Å². The van der Waals surface area contributed by atoms with Gasteiger partial charge in [0.05, 0.1) is 23.0 Å². The number of halogens is 1. The van der Waals surface area contributed by atoms with Gasteiger partial charge in [0.15, 0.2) is 0 Å². The lowest BCUT2D eigenvalue weighted by Gasteiger charge is -2.25. The highest BCUT2D eigenvalue weighted by molar-refractivity contribution is 6.34. The van der Waals surface area contributed by atoms with E-state index in [2.05, 4.69) is 18.3 Å². The van der Waals surface area contributed by atoms with Crippen LogP contribution < -0.4 is 10.2 Å². The highest BCUT2D eigenvalue weighted by Crippen LogP contribution is 2.33. The highest BCUT2D eigenvalue weighted by atomic mass is 35.5. The predicted molar refractivity (Wildman–Crippen MR) is 77.8 cm³/mol. The van der Waals surface area contributed by atoms with E-state index in [1.54, 1.807) is 0 Å². The molecule has 1 heterocycles. The van der Waals surface area contributed by atoms with Gasteiger partial charge in [-0.1, -0.05) is 17.7 Å². The van der Waals surface area contributed by atoms with Crippen LogP contribution in [0.1, 0.15) is 13.3 Å². The molecule has 0 aliphatic carbocycles. The summed E-state index contributed by atoms with van der Waals surface area (Å²) in [6.07, 6.45) is 1.13. The summed E-state index contributed by atoms with van der Waals surface area (Å²) in [5.74, 6) is 0.582. The van der Waals surface area contributed by atoms with Crippen molar-refractivity contribution in [3.05, 3.63) is 23.2 Å². The van der Waals surface area contributed by atoms with Crippen LogP contribution in [-0.4, -0.2) is 33.4 Å². The molecule has 1 fully saturated rings. The predicted octanol–water partition coefficient (Wildman–Crippen LogP) is 3.24. The molecular weight excluding hydrogens is 248 g/mol. The minimum Gasteiger partial charge on any atom is -0.381 e. The third kappa shape index (κ3) is 2.90. The van der Waals surface area contributed by atoms with Gasteiger partial charge in [-0.3, -0.25) is 0 Å². The molecule has 0 amide bonds. The Bertz CT molecular complexity index is 403. The molecule has 1 saturated heterocycles. The molecule has 0 bridgehead atoms. The van der Waals surface area contributed by atoms with Crippen molar-refractivity contribution in [1.29, 1.82) is 0 Å². The summed E-state index contributed by atoms with van der Waals surface area (Å²) < 4.78 is 5.44. The fourth-order valence-corrected chi connectivity index (χ4v) is 2.74. The maximum absolute atomic E-state index is 6.26. The number of benzene rings is 1. The monoisotopic (exact) mass is 268 g/mol. The van der Waals surface area contributed by atoms with Crippen LogP contribution >= 0.6 is 11.6 Å². The van der Waals surface area contributed by atoms with Crippen molar-refractivity contribution < 1.29 is 4.74 Å². The lowest BCUT2D eigenvalue weighted by molar-refractivity contribution is 0.183. The lowest BCUT2D eigenvalue weighted by Crippen LogP contribution is -2.27. The standard InChI is InChI=1S/C14H21ClN2O/c1-10(11-7-8-18-9-11)16-13-6-4-5-12(15)14(13)17(2)3/h4-6,10-11,16H,7-9H2,1-3H3. The van der Waals surface area contributed by atoms with Crippen molar-refractivity contribution in [3.63, 3.8) is 0 Å². The Kier molecular flexibility index (Phi) is 4.36. The van der Waals surface area contributed by atoms with Gasteiger partial charge in [0.2, 0.25) is 0 Å². The van der Waals surface area contributed by atoms with Crippen LogP contribution in [0.25, 0.3) is 0 Å². The van der Waals surface area contributed by atoms with Gasteiger partial charge >= 0.3 is 0 Å². The summed E-state index contributed by atoms with van der Waals surface area (Å²) in [4.78, 5) is 2.04. The summed E-state index contributed by atoms with van der Waals surface area (Å²) in [6.45, 7) is 3.94. The molecule has 0 spiro atoms. The smallest absolute Gasteiger partial charge is 0.0786 e. The van der Waals surface area contributed by atoms with E-state index < -0.39 is 0 Å². The summed E-state index contributed by atoms with van der Waals surface area (Å²) in [5, 5.41) is 4.35. The normalized spacial score (nSPS) is 20.8. The van der Waals surface area contributed by atoms with Gasteiger partial charge in [-0.25, -0.2) is 0 Å². The SMILES string of the molecule is CC(Nc1cccc(Cl)c1N(C)C)C1CCOC1. The molecule has 0 radical (unpaired) electrons. The maximum Gasteiger partial charge on any atom is 0.0786 e. The highest BCUT2D eigenvalue weighted by Gasteiger charge is 2.23. The van der Waals surface area contributed by atoms with Gasteiger partial charge in [0.25, 0.3) is 0 Å². The Hall–Kier alpha value is -0.930. The van der Waals surface area contributed by atoms with Gasteiger partial charge in [0, 0.05) is 32.7 Å². The van der Waals surface area contributed by atoms with E-state index in [1.165, 1.54) is 0 Å². The minimum atomic E-state index is 0.393. The molecule has 1 aromatic carbocycles. The lowest BCUT2D eigenvalue weighted by atomic mass is 10.0. The Labute approximate surface area is 114 Å². The molecule has 0 saturated carbocycles. The number of hydrogen-bond acceptors (Lipinski definition) is 3. The molecule has 1 aliphatic rings. The third-order valence-electron chi connectivity index (χ3n) is 3.49. The quantitative estimate of drug-likeness (QED) is 0.907.